The molecule has 2 rings (SSSR count). The third kappa shape index (κ3) is 7.09. The summed E-state index contributed by atoms with van der Waals surface area (Å²) in [6, 6.07) is 11.5. The fourth-order valence-electron chi connectivity index (χ4n) is 1.94. The van der Waals surface area contributed by atoms with Crippen molar-refractivity contribution in [3.63, 3.8) is 0 Å². The Hall–Kier alpha value is -2.80. The van der Waals surface area contributed by atoms with E-state index in [2.05, 4.69) is 10.6 Å². The zero-order valence-electron chi connectivity index (χ0n) is 13.4. The Morgan fingerprint density at radius 3 is 1.44 bits per heavy atom. The maximum atomic E-state index is 12.8. The molecule has 0 spiro atoms. The summed E-state index contributed by atoms with van der Waals surface area (Å²) in [6.45, 7) is -0.0190. The zero-order chi connectivity index (χ0) is 18.1. The van der Waals surface area contributed by atoms with Crippen LogP contribution in [-0.4, -0.2) is 25.0 Å². The van der Waals surface area contributed by atoms with Crippen molar-refractivity contribution >= 4 is 11.8 Å². The van der Waals surface area contributed by atoms with Gasteiger partial charge in [-0.25, -0.2) is 8.78 Å². The maximum absolute atomic E-state index is 12.8. The molecule has 25 heavy (non-hydrogen) atoms. The Balaban J connectivity index is 1.59. The van der Waals surface area contributed by atoms with E-state index < -0.39 is 0 Å². The number of carbonyl (C=O) groups is 2. The fourth-order valence-corrected chi connectivity index (χ4v) is 1.94. The molecule has 0 unspecified atom stereocenters. The Morgan fingerprint density at radius 2 is 1.08 bits per heavy atom. The topological polar surface area (TPSA) is 67.4 Å². The molecule has 0 atom stereocenters. The SMILES string of the molecule is O=C(COCC(=O)NCc1ccc(F)cc1)NCc1ccc(F)cc1. The molecule has 5 nitrogen and oxygen atoms in total. The molecule has 0 fully saturated rings. The van der Waals surface area contributed by atoms with Gasteiger partial charge in [-0.2, -0.15) is 0 Å². The van der Waals surface area contributed by atoms with Crippen LogP contribution in [0.1, 0.15) is 11.1 Å². The van der Waals surface area contributed by atoms with Gasteiger partial charge in [-0.05, 0) is 35.4 Å². The van der Waals surface area contributed by atoms with Gasteiger partial charge in [0.15, 0.2) is 0 Å². The normalized spacial score (nSPS) is 10.3. The molecule has 2 aromatic carbocycles. The number of halogens is 2. The van der Waals surface area contributed by atoms with Crippen LogP contribution >= 0.6 is 0 Å². The van der Waals surface area contributed by atoms with Crippen LogP contribution in [0.5, 0.6) is 0 Å². The largest absolute Gasteiger partial charge is 0.362 e. The molecule has 0 aliphatic carbocycles. The Bertz CT molecular complexity index is 642. The van der Waals surface area contributed by atoms with Crippen LogP contribution in [0.3, 0.4) is 0 Å². The van der Waals surface area contributed by atoms with E-state index in [1.165, 1.54) is 24.3 Å². The molecule has 0 radical (unpaired) electrons. The van der Waals surface area contributed by atoms with Gasteiger partial charge in [-0.1, -0.05) is 24.3 Å². The number of hydrogen-bond acceptors (Lipinski definition) is 3. The number of rotatable bonds is 8. The first kappa shape index (κ1) is 18.5. The van der Waals surface area contributed by atoms with E-state index >= 15 is 0 Å². The minimum Gasteiger partial charge on any atom is -0.362 e. The van der Waals surface area contributed by atoms with Crippen LogP contribution in [0.25, 0.3) is 0 Å². The molecular weight excluding hydrogens is 330 g/mol. The lowest BCUT2D eigenvalue weighted by atomic mass is 10.2. The lowest BCUT2D eigenvalue weighted by molar-refractivity contribution is -0.131. The van der Waals surface area contributed by atoms with E-state index in [4.69, 9.17) is 4.74 Å². The predicted octanol–water partition coefficient (Wildman–Crippen LogP) is 1.91. The van der Waals surface area contributed by atoms with Crippen molar-refractivity contribution in [2.45, 2.75) is 13.1 Å². The highest BCUT2D eigenvalue weighted by Crippen LogP contribution is 2.02. The lowest BCUT2D eigenvalue weighted by Crippen LogP contribution is -2.31. The Morgan fingerprint density at radius 1 is 0.720 bits per heavy atom. The first-order valence-corrected chi connectivity index (χ1v) is 7.63. The monoisotopic (exact) mass is 348 g/mol. The summed E-state index contributed by atoms with van der Waals surface area (Å²) >= 11 is 0. The second kappa shape index (κ2) is 9.48. The summed E-state index contributed by atoms with van der Waals surface area (Å²) < 4.78 is 30.5. The molecule has 0 bridgehead atoms. The van der Waals surface area contributed by atoms with Gasteiger partial charge in [-0.15, -0.1) is 0 Å². The van der Waals surface area contributed by atoms with Crippen LogP contribution in [0.4, 0.5) is 8.78 Å². The molecule has 0 aliphatic heterocycles. The molecule has 0 saturated heterocycles. The van der Waals surface area contributed by atoms with Crippen molar-refractivity contribution in [1.29, 1.82) is 0 Å². The van der Waals surface area contributed by atoms with E-state index in [1.807, 2.05) is 0 Å². The van der Waals surface area contributed by atoms with Gasteiger partial charge in [0.1, 0.15) is 24.8 Å². The first-order chi connectivity index (χ1) is 12.0. The van der Waals surface area contributed by atoms with Crippen LogP contribution < -0.4 is 10.6 Å². The van der Waals surface area contributed by atoms with Gasteiger partial charge in [0, 0.05) is 13.1 Å². The summed E-state index contributed by atoms with van der Waals surface area (Å²) in [5.74, 6) is -1.44. The number of amides is 2. The van der Waals surface area contributed by atoms with E-state index in [-0.39, 0.29) is 49.8 Å². The van der Waals surface area contributed by atoms with Gasteiger partial charge in [0.05, 0.1) is 0 Å². The number of nitrogens with one attached hydrogen (secondary N) is 2. The molecule has 0 saturated carbocycles. The zero-order valence-corrected chi connectivity index (χ0v) is 13.4. The van der Waals surface area contributed by atoms with Crippen molar-refractivity contribution in [2.75, 3.05) is 13.2 Å². The van der Waals surface area contributed by atoms with Crippen molar-refractivity contribution in [1.82, 2.24) is 10.6 Å². The third-order valence-corrected chi connectivity index (χ3v) is 3.27. The van der Waals surface area contributed by atoms with Gasteiger partial charge in [-0.3, -0.25) is 9.59 Å². The van der Waals surface area contributed by atoms with E-state index in [1.54, 1.807) is 24.3 Å². The summed E-state index contributed by atoms with van der Waals surface area (Å²) in [4.78, 5) is 23.2. The average molecular weight is 348 g/mol. The molecule has 0 aromatic heterocycles. The van der Waals surface area contributed by atoms with Crippen molar-refractivity contribution in [3.05, 3.63) is 71.3 Å². The smallest absolute Gasteiger partial charge is 0.246 e. The van der Waals surface area contributed by atoms with E-state index in [0.717, 1.165) is 11.1 Å². The average Bonchev–Trinajstić information content (AvgIpc) is 2.61. The van der Waals surface area contributed by atoms with Crippen molar-refractivity contribution < 1.29 is 23.1 Å². The maximum Gasteiger partial charge on any atom is 0.246 e. The van der Waals surface area contributed by atoms with Crippen LogP contribution in [0.2, 0.25) is 0 Å². The van der Waals surface area contributed by atoms with Crippen LogP contribution in [0, 0.1) is 11.6 Å². The molecule has 2 amide bonds. The number of hydrogen-bond donors (Lipinski definition) is 2. The Kier molecular flexibility index (Phi) is 7.03. The van der Waals surface area contributed by atoms with Crippen LogP contribution in [0.15, 0.2) is 48.5 Å². The van der Waals surface area contributed by atoms with E-state index in [0.29, 0.717) is 0 Å². The highest BCUT2D eigenvalue weighted by atomic mass is 19.1. The molecule has 0 heterocycles. The molecule has 7 heteroatoms. The molecule has 2 aromatic rings. The standard InChI is InChI=1S/C18H18F2N2O3/c19-15-5-1-13(2-6-15)9-21-17(23)11-25-12-18(24)22-10-14-3-7-16(20)8-4-14/h1-8H,9-12H2,(H,21,23)(H,22,24). The number of benzene rings is 2. The molecular formula is C18H18F2N2O3. The first-order valence-electron chi connectivity index (χ1n) is 7.63. The highest BCUT2D eigenvalue weighted by Gasteiger charge is 2.06. The fraction of sp³-hybridized carbons (Fsp3) is 0.222. The number of ether oxygens (including phenoxy) is 1. The van der Waals surface area contributed by atoms with Crippen LogP contribution in [-0.2, 0) is 27.4 Å². The molecule has 132 valence electrons. The lowest BCUT2D eigenvalue weighted by Gasteiger charge is -2.08. The minimum atomic E-state index is -0.379. The van der Waals surface area contributed by atoms with Gasteiger partial charge < -0.3 is 15.4 Å². The summed E-state index contributed by atoms with van der Waals surface area (Å²) in [7, 11) is 0. The van der Waals surface area contributed by atoms with E-state index in [9.17, 15) is 18.4 Å². The second-order valence-corrected chi connectivity index (χ2v) is 5.30. The molecule has 0 aliphatic rings. The summed E-state index contributed by atoms with van der Waals surface area (Å²) in [5.41, 5.74) is 1.51. The quantitative estimate of drug-likeness (QED) is 0.766. The van der Waals surface area contributed by atoms with Crippen molar-refractivity contribution in [2.24, 2.45) is 0 Å². The summed E-state index contributed by atoms with van der Waals surface area (Å²) in [6.07, 6.45) is 0. The third-order valence-electron chi connectivity index (χ3n) is 3.27. The predicted molar refractivity (Wildman–Crippen MR) is 87.3 cm³/mol. The number of carbonyl (C=O) groups excluding carboxylic acids is 2. The minimum absolute atomic E-state index is 0.249. The van der Waals surface area contributed by atoms with Gasteiger partial charge in [0.25, 0.3) is 0 Å². The highest BCUT2D eigenvalue weighted by molar-refractivity contribution is 5.79. The Labute approximate surface area is 144 Å². The summed E-state index contributed by atoms with van der Waals surface area (Å²) in [5, 5.41) is 5.20. The van der Waals surface area contributed by atoms with Gasteiger partial charge in [0.2, 0.25) is 11.8 Å². The van der Waals surface area contributed by atoms with Crippen molar-refractivity contribution in [3.8, 4) is 0 Å². The second-order valence-electron chi connectivity index (χ2n) is 5.30. The molecule has 2 N–H and O–H groups in total. The van der Waals surface area contributed by atoms with Gasteiger partial charge >= 0.3 is 0 Å².